The first-order valence-corrected chi connectivity index (χ1v) is 5.69. The molecule has 4 nitrogen and oxygen atoms in total. The summed E-state index contributed by atoms with van der Waals surface area (Å²) in [4.78, 5) is 8.28. The van der Waals surface area contributed by atoms with Crippen molar-refractivity contribution in [3.63, 3.8) is 0 Å². The Labute approximate surface area is 98.2 Å². The van der Waals surface area contributed by atoms with E-state index in [1.165, 1.54) is 0 Å². The molecule has 0 spiro atoms. The van der Waals surface area contributed by atoms with Crippen LogP contribution in [0, 0.1) is 0 Å². The number of rotatable bonds is 4. The van der Waals surface area contributed by atoms with Gasteiger partial charge in [0.1, 0.15) is 5.75 Å². The molecule has 0 fully saturated rings. The highest BCUT2D eigenvalue weighted by Crippen LogP contribution is 2.30. The molecule has 2 aromatic rings. The molecule has 0 atom stereocenters. The highest BCUT2D eigenvalue weighted by atomic mass is 32.2. The number of methoxy groups -OCH3 is 1. The molecule has 3 N–H and O–H groups in total. The van der Waals surface area contributed by atoms with E-state index in [2.05, 4.69) is 9.97 Å². The van der Waals surface area contributed by atoms with E-state index in [-0.39, 0.29) is 0 Å². The molecule has 0 amide bonds. The molecular weight excluding hydrogens is 222 g/mol. The molecule has 0 bridgehead atoms. The third-order valence-corrected chi connectivity index (χ3v) is 3.19. The summed E-state index contributed by atoms with van der Waals surface area (Å²) < 4.78 is 5.19. The molecule has 0 unspecified atom stereocenters. The zero-order chi connectivity index (χ0) is 11.4. The molecule has 84 valence electrons. The number of ether oxygens (including phenoxy) is 1. The van der Waals surface area contributed by atoms with Crippen molar-refractivity contribution in [1.29, 1.82) is 0 Å². The number of aromatic amines is 1. The maximum Gasteiger partial charge on any atom is 0.170 e. The lowest BCUT2D eigenvalue weighted by atomic mass is 10.2. The van der Waals surface area contributed by atoms with Crippen LogP contribution in [0.25, 0.3) is 0 Å². The average Bonchev–Trinajstić information content (AvgIpc) is 2.82. The van der Waals surface area contributed by atoms with Crippen LogP contribution in [-0.2, 0) is 6.54 Å². The van der Waals surface area contributed by atoms with Gasteiger partial charge >= 0.3 is 0 Å². The third kappa shape index (κ3) is 2.37. The van der Waals surface area contributed by atoms with Crippen LogP contribution in [0.3, 0.4) is 0 Å². The maximum absolute atomic E-state index is 5.69. The summed E-state index contributed by atoms with van der Waals surface area (Å²) in [6, 6.07) is 5.86. The van der Waals surface area contributed by atoms with Gasteiger partial charge in [-0.25, -0.2) is 4.98 Å². The highest BCUT2D eigenvalue weighted by Gasteiger charge is 2.06. The Morgan fingerprint density at radius 3 is 3.00 bits per heavy atom. The van der Waals surface area contributed by atoms with Gasteiger partial charge in [-0.15, -0.1) is 0 Å². The molecule has 1 aromatic carbocycles. The number of hydrogen-bond donors (Lipinski definition) is 2. The number of nitrogens with zero attached hydrogens (tertiary/aromatic N) is 1. The largest absolute Gasteiger partial charge is 0.497 e. The summed E-state index contributed by atoms with van der Waals surface area (Å²) in [5.74, 6) is 0.825. The first-order chi connectivity index (χ1) is 7.83. The van der Waals surface area contributed by atoms with Crippen LogP contribution >= 0.6 is 11.8 Å². The van der Waals surface area contributed by atoms with Crippen molar-refractivity contribution >= 4 is 11.8 Å². The summed E-state index contributed by atoms with van der Waals surface area (Å²) in [6.07, 6.45) is 3.52. The Hall–Kier alpha value is -1.46. The number of H-pyrrole nitrogens is 1. The lowest BCUT2D eigenvalue weighted by Crippen LogP contribution is -1.98. The molecule has 0 aliphatic carbocycles. The summed E-state index contributed by atoms with van der Waals surface area (Å²) in [5.41, 5.74) is 6.77. The van der Waals surface area contributed by atoms with E-state index in [1.54, 1.807) is 31.3 Å². The van der Waals surface area contributed by atoms with Gasteiger partial charge in [0.05, 0.1) is 7.11 Å². The van der Waals surface area contributed by atoms with E-state index in [1.807, 2.05) is 18.2 Å². The molecule has 1 aromatic heterocycles. The number of hydrogen-bond acceptors (Lipinski definition) is 4. The zero-order valence-electron chi connectivity index (χ0n) is 8.93. The summed E-state index contributed by atoms with van der Waals surface area (Å²) in [6.45, 7) is 0.507. The smallest absolute Gasteiger partial charge is 0.170 e. The standard InChI is InChI=1S/C11H13N3OS/c1-15-9-3-2-8(7-12)10(6-9)16-11-13-4-5-14-11/h2-6H,7,12H2,1H3,(H,13,14). The van der Waals surface area contributed by atoms with E-state index in [9.17, 15) is 0 Å². The molecule has 0 aliphatic heterocycles. The lowest BCUT2D eigenvalue weighted by molar-refractivity contribution is 0.413. The van der Waals surface area contributed by atoms with E-state index in [0.29, 0.717) is 6.54 Å². The quantitative estimate of drug-likeness (QED) is 0.851. The summed E-state index contributed by atoms with van der Waals surface area (Å²) in [5, 5.41) is 0.850. The van der Waals surface area contributed by atoms with Crippen molar-refractivity contribution in [1.82, 2.24) is 9.97 Å². The number of nitrogens with one attached hydrogen (secondary N) is 1. The van der Waals surface area contributed by atoms with Gasteiger partial charge < -0.3 is 15.5 Å². The van der Waals surface area contributed by atoms with Crippen LogP contribution in [0.4, 0.5) is 0 Å². The van der Waals surface area contributed by atoms with E-state index >= 15 is 0 Å². The van der Waals surface area contributed by atoms with Crippen LogP contribution in [0.15, 0.2) is 40.6 Å². The second kappa shape index (κ2) is 5.05. The van der Waals surface area contributed by atoms with E-state index in [4.69, 9.17) is 10.5 Å². The Kier molecular flexibility index (Phi) is 3.48. The number of benzene rings is 1. The number of imidazole rings is 1. The first-order valence-electron chi connectivity index (χ1n) is 4.87. The monoisotopic (exact) mass is 235 g/mol. The van der Waals surface area contributed by atoms with Gasteiger partial charge in [-0.3, -0.25) is 0 Å². The molecule has 5 heteroatoms. The summed E-state index contributed by atoms with van der Waals surface area (Å²) in [7, 11) is 1.65. The molecule has 0 aliphatic rings. The molecular formula is C11H13N3OS. The van der Waals surface area contributed by atoms with Crippen molar-refractivity contribution in [2.24, 2.45) is 5.73 Å². The first kappa shape index (κ1) is 11.0. The number of aromatic nitrogens is 2. The summed E-state index contributed by atoms with van der Waals surface area (Å²) >= 11 is 1.55. The average molecular weight is 235 g/mol. The Morgan fingerprint density at radius 1 is 1.50 bits per heavy atom. The second-order valence-electron chi connectivity index (χ2n) is 3.17. The molecule has 16 heavy (non-hydrogen) atoms. The van der Waals surface area contributed by atoms with Crippen molar-refractivity contribution < 1.29 is 4.74 Å². The molecule has 0 saturated carbocycles. The van der Waals surface area contributed by atoms with Gasteiger partial charge in [-0.2, -0.15) is 0 Å². The lowest BCUT2D eigenvalue weighted by Gasteiger charge is -2.08. The molecule has 1 heterocycles. The van der Waals surface area contributed by atoms with Crippen molar-refractivity contribution in [2.75, 3.05) is 7.11 Å². The Balaban J connectivity index is 2.30. The maximum atomic E-state index is 5.69. The fraction of sp³-hybridized carbons (Fsp3) is 0.182. The van der Waals surface area contributed by atoms with Crippen LogP contribution in [0.1, 0.15) is 5.56 Å². The number of nitrogens with two attached hydrogens (primary N) is 1. The minimum Gasteiger partial charge on any atom is -0.497 e. The second-order valence-corrected chi connectivity index (χ2v) is 4.20. The van der Waals surface area contributed by atoms with Crippen LogP contribution in [-0.4, -0.2) is 17.1 Å². The third-order valence-electron chi connectivity index (χ3n) is 2.17. The molecule has 0 radical (unpaired) electrons. The van der Waals surface area contributed by atoms with Crippen molar-refractivity contribution in [3.8, 4) is 5.75 Å². The van der Waals surface area contributed by atoms with Crippen LogP contribution < -0.4 is 10.5 Å². The zero-order valence-corrected chi connectivity index (χ0v) is 9.75. The van der Waals surface area contributed by atoms with Gasteiger partial charge in [0.2, 0.25) is 0 Å². The van der Waals surface area contributed by atoms with Crippen LogP contribution in [0.2, 0.25) is 0 Å². The SMILES string of the molecule is COc1ccc(CN)c(Sc2ncc[nH]2)c1. The van der Waals surface area contributed by atoms with E-state index in [0.717, 1.165) is 21.4 Å². The predicted molar refractivity (Wildman–Crippen MR) is 63.6 cm³/mol. The van der Waals surface area contributed by atoms with Gasteiger partial charge in [-0.05, 0) is 17.7 Å². The van der Waals surface area contributed by atoms with E-state index < -0.39 is 0 Å². The Bertz CT molecular complexity index is 456. The van der Waals surface area contributed by atoms with Crippen LogP contribution in [0.5, 0.6) is 5.75 Å². The molecule has 2 rings (SSSR count). The fourth-order valence-electron chi connectivity index (χ4n) is 1.34. The predicted octanol–water partition coefficient (Wildman–Crippen LogP) is 2.03. The van der Waals surface area contributed by atoms with Crippen molar-refractivity contribution in [2.45, 2.75) is 16.6 Å². The van der Waals surface area contributed by atoms with Gasteiger partial charge in [0.25, 0.3) is 0 Å². The topological polar surface area (TPSA) is 63.9 Å². The normalized spacial score (nSPS) is 10.4. The van der Waals surface area contributed by atoms with Gasteiger partial charge in [-0.1, -0.05) is 17.8 Å². The van der Waals surface area contributed by atoms with Crippen molar-refractivity contribution in [3.05, 3.63) is 36.2 Å². The van der Waals surface area contributed by atoms with Gasteiger partial charge in [0, 0.05) is 23.8 Å². The Morgan fingerprint density at radius 2 is 2.38 bits per heavy atom. The minimum atomic E-state index is 0.507. The highest BCUT2D eigenvalue weighted by molar-refractivity contribution is 7.99. The molecule has 0 saturated heterocycles. The fourth-order valence-corrected chi connectivity index (χ4v) is 2.24. The van der Waals surface area contributed by atoms with Gasteiger partial charge in [0.15, 0.2) is 5.16 Å². The minimum absolute atomic E-state index is 0.507.